The molecule has 1 aromatic carbocycles. The second kappa shape index (κ2) is 7.51. The molecule has 5 rings (SSSR count). The Morgan fingerprint density at radius 1 is 1.12 bits per heavy atom. The summed E-state index contributed by atoms with van der Waals surface area (Å²) < 4.78 is 42.4. The van der Waals surface area contributed by atoms with Gasteiger partial charge in [0.1, 0.15) is 6.54 Å². The fraction of sp³-hybridized carbons (Fsp3) is 0.476. The lowest BCUT2D eigenvalue weighted by Gasteiger charge is -2.25. The van der Waals surface area contributed by atoms with E-state index in [1.165, 1.54) is 7.05 Å². The molecule has 0 radical (unpaired) electrons. The van der Waals surface area contributed by atoms with Crippen LogP contribution in [0.5, 0.6) is 0 Å². The van der Waals surface area contributed by atoms with Gasteiger partial charge in [-0.05, 0) is 17.9 Å². The van der Waals surface area contributed by atoms with Crippen LogP contribution in [0.4, 0.5) is 19.1 Å². The summed E-state index contributed by atoms with van der Waals surface area (Å²) in [5.74, 6) is 0.961. The van der Waals surface area contributed by atoms with Gasteiger partial charge in [-0.2, -0.15) is 18.2 Å². The molecule has 0 bridgehead atoms. The number of aryl methyl sites for hydroxylation is 1. The van der Waals surface area contributed by atoms with Gasteiger partial charge >= 0.3 is 11.9 Å². The SMILES string of the molecule is Cn1c(=O)n(CC(F)(F)F)c(=O)c2c1nc(N1CCC3CNCC31)n2Cc1ccccc1. The Hall–Kier alpha value is -3.08. The zero-order valence-corrected chi connectivity index (χ0v) is 17.5. The average Bonchev–Trinajstić information content (AvgIpc) is 3.44. The summed E-state index contributed by atoms with van der Waals surface area (Å²) in [6.07, 6.45) is -3.74. The molecule has 170 valence electrons. The Morgan fingerprint density at radius 2 is 1.88 bits per heavy atom. The summed E-state index contributed by atoms with van der Waals surface area (Å²) in [5.41, 5.74) is -1.03. The lowest BCUT2D eigenvalue weighted by Crippen LogP contribution is -2.43. The van der Waals surface area contributed by atoms with Crippen molar-refractivity contribution in [1.82, 2.24) is 24.0 Å². The molecule has 2 atom stereocenters. The van der Waals surface area contributed by atoms with Crippen molar-refractivity contribution in [1.29, 1.82) is 0 Å². The van der Waals surface area contributed by atoms with E-state index in [0.717, 1.165) is 36.2 Å². The van der Waals surface area contributed by atoms with Gasteiger partial charge in [-0.3, -0.25) is 13.9 Å². The molecule has 0 spiro atoms. The highest BCUT2D eigenvalue weighted by Crippen LogP contribution is 2.33. The van der Waals surface area contributed by atoms with Gasteiger partial charge in [0.2, 0.25) is 5.95 Å². The number of rotatable bonds is 4. The molecule has 3 aromatic rings. The fourth-order valence-electron chi connectivity index (χ4n) is 4.91. The van der Waals surface area contributed by atoms with E-state index in [9.17, 15) is 22.8 Å². The molecule has 2 aliphatic rings. The quantitative estimate of drug-likeness (QED) is 0.651. The Labute approximate surface area is 180 Å². The lowest BCUT2D eigenvalue weighted by atomic mass is 10.1. The van der Waals surface area contributed by atoms with Crippen molar-refractivity contribution in [3.63, 3.8) is 0 Å². The van der Waals surface area contributed by atoms with E-state index in [1.54, 1.807) is 4.57 Å². The third-order valence-corrected chi connectivity index (χ3v) is 6.44. The number of benzene rings is 1. The third-order valence-electron chi connectivity index (χ3n) is 6.44. The van der Waals surface area contributed by atoms with Crippen LogP contribution in [0.3, 0.4) is 0 Å². The largest absolute Gasteiger partial charge is 0.406 e. The Bertz CT molecular complexity index is 1280. The molecule has 32 heavy (non-hydrogen) atoms. The molecule has 2 aromatic heterocycles. The van der Waals surface area contributed by atoms with Crippen molar-refractivity contribution >= 4 is 17.1 Å². The normalized spacial score (nSPS) is 20.9. The smallest absolute Gasteiger partial charge is 0.338 e. The summed E-state index contributed by atoms with van der Waals surface area (Å²) in [6, 6.07) is 9.55. The third kappa shape index (κ3) is 3.40. The number of nitrogens with one attached hydrogen (secondary N) is 1. The topological polar surface area (TPSA) is 77.1 Å². The molecular formula is C21H23F3N6O2. The first kappa shape index (κ1) is 20.8. The van der Waals surface area contributed by atoms with Crippen LogP contribution in [0.2, 0.25) is 0 Å². The Morgan fingerprint density at radius 3 is 2.59 bits per heavy atom. The Balaban J connectivity index is 1.75. The van der Waals surface area contributed by atoms with E-state index in [0.29, 0.717) is 11.9 Å². The van der Waals surface area contributed by atoms with Crippen LogP contribution in [0.15, 0.2) is 39.9 Å². The number of anilines is 1. The molecule has 2 unspecified atom stereocenters. The monoisotopic (exact) mass is 448 g/mol. The molecule has 2 saturated heterocycles. The van der Waals surface area contributed by atoms with Crippen LogP contribution >= 0.6 is 0 Å². The van der Waals surface area contributed by atoms with E-state index >= 15 is 0 Å². The predicted molar refractivity (Wildman–Crippen MR) is 113 cm³/mol. The summed E-state index contributed by atoms with van der Waals surface area (Å²) >= 11 is 0. The summed E-state index contributed by atoms with van der Waals surface area (Å²) in [6.45, 7) is 1.03. The molecule has 0 amide bonds. The van der Waals surface area contributed by atoms with Crippen molar-refractivity contribution in [3.8, 4) is 0 Å². The summed E-state index contributed by atoms with van der Waals surface area (Å²) in [4.78, 5) is 32.6. The van der Waals surface area contributed by atoms with Crippen molar-refractivity contribution in [2.75, 3.05) is 24.5 Å². The van der Waals surface area contributed by atoms with E-state index in [-0.39, 0.29) is 28.3 Å². The molecule has 1 N–H and O–H groups in total. The van der Waals surface area contributed by atoms with Crippen LogP contribution < -0.4 is 21.5 Å². The molecule has 2 fully saturated rings. The number of nitrogens with zero attached hydrogens (tertiary/aromatic N) is 5. The fourth-order valence-corrected chi connectivity index (χ4v) is 4.91. The molecular weight excluding hydrogens is 425 g/mol. The maximum atomic E-state index is 13.2. The first-order chi connectivity index (χ1) is 15.2. The number of fused-ring (bicyclic) bond motifs is 2. The molecule has 2 aliphatic heterocycles. The van der Waals surface area contributed by atoms with Gasteiger partial charge in [-0.15, -0.1) is 0 Å². The van der Waals surface area contributed by atoms with Crippen molar-refractivity contribution in [2.24, 2.45) is 13.0 Å². The Kier molecular flexibility index (Phi) is 4.88. The highest BCUT2D eigenvalue weighted by molar-refractivity contribution is 5.75. The number of aromatic nitrogens is 4. The summed E-state index contributed by atoms with van der Waals surface area (Å²) in [7, 11) is 1.35. The molecule has 11 heteroatoms. The van der Waals surface area contributed by atoms with Gasteiger partial charge in [0.25, 0.3) is 5.56 Å². The van der Waals surface area contributed by atoms with Crippen molar-refractivity contribution in [2.45, 2.75) is 31.7 Å². The highest BCUT2D eigenvalue weighted by atomic mass is 19.4. The minimum Gasteiger partial charge on any atom is -0.338 e. The zero-order valence-electron chi connectivity index (χ0n) is 17.5. The van der Waals surface area contributed by atoms with Gasteiger partial charge < -0.3 is 10.2 Å². The van der Waals surface area contributed by atoms with Gasteiger partial charge in [-0.25, -0.2) is 9.36 Å². The predicted octanol–water partition coefficient (Wildman–Crippen LogP) is 1.31. The maximum Gasteiger partial charge on any atom is 0.406 e. The van der Waals surface area contributed by atoms with Crippen LogP contribution in [0.1, 0.15) is 12.0 Å². The van der Waals surface area contributed by atoms with Crippen LogP contribution in [-0.4, -0.2) is 50.5 Å². The molecule has 0 saturated carbocycles. The van der Waals surface area contributed by atoms with Gasteiger partial charge in [0.05, 0.1) is 6.54 Å². The number of halogens is 3. The first-order valence-corrected chi connectivity index (χ1v) is 10.5. The van der Waals surface area contributed by atoms with Crippen LogP contribution in [0.25, 0.3) is 11.2 Å². The van der Waals surface area contributed by atoms with Crippen molar-refractivity contribution < 1.29 is 13.2 Å². The van der Waals surface area contributed by atoms with E-state index in [1.807, 2.05) is 30.3 Å². The van der Waals surface area contributed by atoms with Gasteiger partial charge in [0, 0.05) is 32.7 Å². The number of imidazole rings is 1. The van der Waals surface area contributed by atoms with E-state index < -0.39 is 24.0 Å². The van der Waals surface area contributed by atoms with Gasteiger partial charge in [0.15, 0.2) is 11.2 Å². The first-order valence-electron chi connectivity index (χ1n) is 10.5. The number of hydrogen-bond donors (Lipinski definition) is 1. The van der Waals surface area contributed by atoms with Crippen LogP contribution in [-0.2, 0) is 20.1 Å². The standard InChI is InChI=1S/C21H23F3N6O2/c1-27-17-16(18(31)30(20(27)32)12-21(22,23)24)29(11-13-5-3-2-4-6-13)19(26-17)28-8-7-14-9-25-10-15(14)28/h2-6,14-15,25H,7-12H2,1H3. The minimum absolute atomic E-state index is 0.00427. The molecule has 0 aliphatic carbocycles. The van der Waals surface area contributed by atoms with Gasteiger partial charge in [-0.1, -0.05) is 30.3 Å². The molecule has 8 nitrogen and oxygen atoms in total. The van der Waals surface area contributed by atoms with Crippen LogP contribution in [0, 0.1) is 5.92 Å². The van der Waals surface area contributed by atoms with Crippen molar-refractivity contribution in [3.05, 3.63) is 56.7 Å². The average molecular weight is 448 g/mol. The second-order valence-corrected chi connectivity index (χ2v) is 8.47. The number of alkyl halides is 3. The zero-order chi connectivity index (χ0) is 22.6. The molecule has 4 heterocycles. The lowest BCUT2D eigenvalue weighted by molar-refractivity contribution is -0.141. The number of hydrogen-bond acceptors (Lipinski definition) is 5. The highest BCUT2D eigenvalue weighted by Gasteiger charge is 2.40. The minimum atomic E-state index is -4.70. The van der Waals surface area contributed by atoms with E-state index in [4.69, 9.17) is 0 Å². The maximum absolute atomic E-state index is 13.2. The van der Waals surface area contributed by atoms with E-state index in [2.05, 4.69) is 15.2 Å². The second-order valence-electron chi connectivity index (χ2n) is 8.47. The summed E-state index contributed by atoms with van der Waals surface area (Å²) in [5, 5.41) is 3.37.